The van der Waals surface area contributed by atoms with Crippen LogP contribution in [0.3, 0.4) is 0 Å². The fraction of sp³-hybridized carbons (Fsp3) is 1.00. The van der Waals surface area contributed by atoms with Crippen LogP contribution in [0.5, 0.6) is 0 Å². The van der Waals surface area contributed by atoms with Crippen LogP contribution in [-0.2, 0) is 4.57 Å². The Balaban J connectivity index is 0. The third kappa shape index (κ3) is 16.3. The molecule has 0 saturated carbocycles. The molecular formula is C13H31ClNO3P. The lowest BCUT2D eigenvalue weighted by molar-refractivity contribution is -0.890. The molecule has 0 heterocycles. The topological polar surface area (TPSA) is 57.5 Å². The van der Waals surface area contributed by atoms with Crippen molar-refractivity contribution >= 4 is 7.60 Å². The Morgan fingerprint density at radius 3 is 1.89 bits per heavy atom. The van der Waals surface area contributed by atoms with Crippen molar-refractivity contribution in [1.29, 1.82) is 0 Å². The summed E-state index contributed by atoms with van der Waals surface area (Å²) in [5.41, 5.74) is 0. The van der Waals surface area contributed by atoms with Gasteiger partial charge in [0.1, 0.15) is 0 Å². The second kappa shape index (κ2) is 11.1. The Kier molecular flexibility index (Phi) is 12.7. The Hall–Kier alpha value is 0.400. The van der Waals surface area contributed by atoms with Gasteiger partial charge in [-0.05, 0) is 12.8 Å². The molecule has 0 aliphatic carbocycles. The van der Waals surface area contributed by atoms with E-state index in [0.29, 0.717) is 6.42 Å². The van der Waals surface area contributed by atoms with Crippen LogP contribution in [0, 0.1) is 0 Å². The predicted octanol–water partition coefficient (Wildman–Crippen LogP) is -0.00490. The van der Waals surface area contributed by atoms with E-state index < -0.39 is 7.60 Å². The second-order valence-corrected chi connectivity index (χ2v) is 7.67. The van der Waals surface area contributed by atoms with E-state index in [2.05, 4.69) is 21.0 Å². The van der Waals surface area contributed by atoms with Gasteiger partial charge in [-0.3, -0.25) is 4.57 Å². The smallest absolute Gasteiger partial charge is 0.325 e. The molecule has 0 spiro atoms. The van der Waals surface area contributed by atoms with Crippen LogP contribution in [0.25, 0.3) is 0 Å². The molecule has 0 fully saturated rings. The van der Waals surface area contributed by atoms with Crippen molar-refractivity contribution in [2.75, 3.05) is 33.3 Å². The van der Waals surface area contributed by atoms with Gasteiger partial charge in [-0.25, -0.2) is 0 Å². The SMILES string of the molecule is CCCCCCCC[N+](C)(C)CCCP(=O)(O)O.[Cl-]. The number of unbranched alkanes of at least 4 members (excludes halogenated alkanes) is 5. The number of halogens is 1. The summed E-state index contributed by atoms with van der Waals surface area (Å²) < 4.78 is 11.6. The van der Waals surface area contributed by atoms with Gasteiger partial charge in [0, 0.05) is 6.42 Å². The quantitative estimate of drug-likeness (QED) is 0.320. The molecule has 0 rings (SSSR count). The minimum atomic E-state index is -3.81. The summed E-state index contributed by atoms with van der Waals surface area (Å²) in [6.07, 6.45) is 8.38. The largest absolute Gasteiger partial charge is 1.00 e. The molecule has 0 radical (unpaired) electrons. The normalized spacial score (nSPS) is 12.3. The average Bonchev–Trinajstić information content (AvgIpc) is 2.21. The minimum Gasteiger partial charge on any atom is -1.00 e. The van der Waals surface area contributed by atoms with Crippen molar-refractivity contribution in [2.45, 2.75) is 51.9 Å². The van der Waals surface area contributed by atoms with E-state index in [1.807, 2.05) is 0 Å². The molecule has 0 aliphatic heterocycles. The van der Waals surface area contributed by atoms with Gasteiger partial charge in [-0.2, -0.15) is 0 Å². The molecule has 118 valence electrons. The van der Waals surface area contributed by atoms with Crippen molar-refractivity contribution < 1.29 is 31.2 Å². The Labute approximate surface area is 124 Å². The van der Waals surface area contributed by atoms with Gasteiger partial charge >= 0.3 is 7.60 Å². The van der Waals surface area contributed by atoms with Crippen molar-refractivity contribution in [3.05, 3.63) is 0 Å². The highest BCUT2D eigenvalue weighted by Gasteiger charge is 2.18. The number of hydrogen-bond acceptors (Lipinski definition) is 1. The third-order valence-corrected chi connectivity index (χ3v) is 4.23. The first-order valence-corrected chi connectivity index (χ1v) is 8.93. The van der Waals surface area contributed by atoms with E-state index in [-0.39, 0.29) is 18.6 Å². The highest BCUT2D eigenvalue weighted by atomic mass is 35.5. The minimum absolute atomic E-state index is 0. The molecule has 6 heteroatoms. The summed E-state index contributed by atoms with van der Waals surface area (Å²) in [6, 6.07) is 0. The predicted molar refractivity (Wildman–Crippen MR) is 76.7 cm³/mol. The maximum absolute atomic E-state index is 10.8. The molecule has 0 bridgehead atoms. The van der Waals surface area contributed by atoms with Gasteiger partial charge in [0.05, 0.1) is 33.3 Å². The molecule has 0 aromatic carbocycles. The van der Waals surface area contributed by atoms with Gasteiger partial charge in [-0.1, -0.05) is 32.6 Å². The monoisotopic (exact) mass is 315 g/mol. The summed E-state index contributed by atoms with van der Waals surface area (Å²) in [4.78, 5) is 17.6. The molecule has 0 atom stereocenters. The van der Waals surface area contributed by atoms with E-state index >= 15 is 0 Å². The fourth-order valence-electron chi connectivity index (χ4n) is 2.14. The fourth-order valence-corrected chi connectivity index (χ4v) is 2.69. The molecule has 0 aromatic rings. The van der Waals surface area contributed by atoms with E-state index in [0.717, 1.165) is 17.6 Å². The Morgan fingerprint density at radius 2 is 1.37 bits per heavy atom. The van der Waals surface area contributed by atoms with Gasteiger partial charge in [0.25, 0.3) is 0 Å². The third-order valence-electron chi connectivity index (χ3n) is 3.33. The van der Waals surface area contributed by atoms with Crippen LogP contribution in [0.15, 0.2) is 0 Å². The first kappa shape index (κ1) is 21.7. The van der Waals surface area contributed by atoms with Crippen molar-refractivity contribution in [3.63, 3.8) is 0 Å². The highest BCUT2D eigenvalue weighted by molar-refractivity contribution is 7.51. The molecule has 0 amide bonds. The van der Waals surface area contributed by atoms with E-state index in [9.17, 15) is 4.57 Å². The van der Waals surface area contributed by atoms with Crippen LogP contribution >= 0.6 is 7.60 Å². The summed E-state index contributed by atoms with van der Waals surface area (Å²) in [5, 5.41) is 0. The molecular weight excluding hydrogens is 285 g/mol. The first-order chi connectivity index (χ1) is 8.27. The van der Waals surface area contributed by atoms with E-state index in [1.165, 1.54) is 38.5 Å². The second-order valence-electron chi connectivity index (χ2n) is 5.89. The van der Waals surface area contributed by atoms with Crippen molar-refractivity contribution in [1.82, 2.24) is 0 Å². The van der Waals surface area contributed by atoms with Crippen molar-refractivity contribution in [2.24, 2.45) is 0 Å². The zero-order valence-corrected chi connectivity index (χ0v) is 14.3. The summed E-state index contributed by atoms with van der Waals surface area (Å²) in [5.74, 6) is 0. The standard InChI is InChI=1S/C13H30NO3P.ClH/c1-4-5-6-7-8-9-11-14(2,3)12-10-13-18(15,16)17;/h4-13H2,1-3H3,(H-,15,16,17);1H. The molecule has 0 saturated heterocycles. The number of hydrogen-bond donors (Lipinski definition) is 2. The van der Waals surface area contributed by atoms with Crippen LogP contribution < -0.4 is 12.4 Å². The highest BCUT2D eigenvalue weighted by Crippen LogP contribution is 2.34. The molecule has 2 N–H and O–H groups in total. The lowest BCUT2D eigenvalue weighted by Gasteiger charge is -2.30. The Bertz CT molecular complexity index is 256. The van der Waals surface area contributed by atoms with E-state index in [4.69, 9.17) is 9.79 Å². The van der Waals surface area contributed by atoms with Crippen LogP contribution in [0.4, 0.5) is 0 Å². The Morgan fingerprint density at radius 1 is 0.895 bits per heavy atom. The maximum atomic E-state index is 10.8. The van der Waals surface area contributed by atoms with Gasteiger partial charge < -0.3 is 26.7 Å². The number of nitrogens with zero attached hydrogens (tertiary/aromatic N) is 1. The lowest BCUT2D eigenvalue weighted by Crippen LogP contribution is -3.00. The summed E-state index contributed by atoms with van der Waals surface area (Å²) in [7, 11) is 0.483. The molecule has 0 aliphatic rings. The van der Waals surface area contributed by atoms with Crippen LogP contribution in [0.1, 0.15) is 51.9 Å². The number of quaternary nitrogens is 1. The van der Waals surface area contributed by atoms with E-state index in [1.54, 1.807) is 0 Å². The van der Waals surface area contributed by atoms with Gasteiger partial charge in [0.15, 0.2) is 0 Å². The van der Waals surface area contributed by atoms with Crippen molar-refractivity contribution in [3.8, 4) is 0 Å². The maximum Gasteiger partial charge on any atom is 0.325 e. The van der Waals surface area contributed by atoms with Crippen LogP contribution in [0.2, 0.25) is 0 Å². The average molecular weight is 316 g/mol. The molecule has 0 aromatic heterocycles. The van der Waals surface area contributed by atoms with Gasteiger partial charge in [0.2, 0.25) is 0 Å². The zero-order valence-electron chi connectivity index (χ0n) is 12.6. The number of rotatable bonds is 11. The summed E-state index contributed by atoms with van der Waals surface area (Å²) >= 11 is 0. The first-order valence-electron chi connectivity index (χ1n) is 7.13. The summed E-state index contributed by atoms with van der Waals surface area (Å²) in [6.45, 7) is 4.17. The molecule has 19 heavy (non-hydrogen) atoms. The molecule has 4 nitrogen and oxygen atoms in total. The lowest BCUT2D eigenvalue weighted by atomic mass is 10.1. The van der Waals surface area contributed by atoms with Gasteiger partial charge in [-0.15, -0.1) is 0 Å². The molecule has 0 unspecified atom stereocenters. The zero-order chi connectivity index (χ0) is 14.1. The van der Waals surface area contributed by atoms with Crippen LogP contribution in [-0.4, -0.2) is 47.6 Å².